The lowest BCUT2D eigenvalue weighted by Crippen LogP contribution is -2.45. The molecule has 0 saturated carbocycles. The molecule has 0 radical (unpaired) electrons. The Labute approximate surface area is 256 Å². The van der Waals surface area contributed by atoms with Crippen LogP contribution in [0.25, 0.3) is 17.2 Å². The van der Waals surface area contributed by atoms with E-state index in [1.54, 1.807) is 20.3 Å². The van der Waals surface area contributed by atoms with Crippen LogP contribution in [0.5, 0.6) is 11.5 Å². The Morgan fingerprint density at radius 1 is 0.953 bits per heavy atom. The van der Waals surface area contributed by atoms with Crippen LogP contribution in [-0.2, 0) is 11.3 Å². The Morgan fingerprint density at radius 3 is 2.28 bits per heavy atom. The van der Waals surface area contributed by atoms with Gasteiger partial charge in [-0.2, -0.15) is 0 Å². The zero-order chi connectivity index (χ0) is 30.5. The zero-order valence-corrected chi connectivity index (χ0v) is 25.7. The molecule has 3 aromatic rings. The summed E-state index contributed by atoms with van der Waals surface area (Å²) in [6, 6.07) is 18.1. The van der Waals surface area contributed by atoms with Crippen LogP contribution in [0.2, 0.25) is 0 Å². The third kappa shape index (κ3) is 6.95. The highest BCUT2D eigenvalue weighted by Gasteiger charge is 2.27. The lowest BCUT2D eigenvalue weighted by Gasteiger charge is -2.32. The largest absolute Gasteiger partial charge is 0.495 e. The van der Waals surface area contributed by atoms with E-state index in [0.29, 0.717) is 41.6 Å². The standard InChI is InChI=1S/C34H36FN3O4S/c1-22-27(26-11-10-25(35)19-29(26)28(22)20-32(39)36-21-23-8-6-5-7-9-23)16-24-17-30(41-3)33(31(18-24)42-4)43-34(40)38-14-12-37(2)13-15-38/h5-11,16-19H,12-15,20-21H2,1-4H3,(H,36,39). The molecule has 1 heterocycles. The Morgan fingerprint density at radius 2 is 1.63 bits per heavy atom. The average Bonchev–Trinajstić information content (AvgIpc) is 3.26. The van der Waals surface area contributed by atoms with Gasteiger partial charge in [0.05, 0.1) is 20.6 Å². The molecule has 1 aliphatic carbocycles. The van der Waals surface area contributed by atoms with Crippen molar-refractivity contribution in [3.63, 3.8) is 0 Å². The van der Waals surface area contributed by atoms with Crippen molar-refractivity contribution in [1.82, 2.24) is 15.1 Å². The van der Waals surface area contributed by atoms with E-state index in [-0.39, 0.29) is 23.4 Å². The number of ether oxygens (including phenoxy) is 2. The van der Waals surface area contributed by atoms with E-state index >= 15 is 0 Å². The minimum absolute atomic E-state index is 0.0449. The number of nitrogens with zero attached hydrogens (tertiary/aromatic N) is 2. The van der Waals surface area contributed by atoms with Gasteiger partial charge in [0.1, 0.15) is 22.2 Å². The number of thioether (sulfide) groups is 1. The fraction of sp³-hybridized carbons (Fsp3) is 0.294. The van der Waals surface area contributed by atoms with Crippen LogP contribution in [0.1, 0.15) is 35.6 Å². The normalized spacial score (nSPS) is 15.9. The van der Waals surface area contributed by atoms with Crippen LogP contribution in [0.3, 0.4) is 0 Å². The first kappa shape index (κ1) is 30.4. The number of methoxy groups -OCH3 is 2. The molecule has 3 aromatic carbocycles. The molecule has 1 N–H and O–H groups in total. The van der Waals surface area contributed by atoms with Crippen LogP contribution in [-0.4, -0.2) is 68.4 Å². The number of nitrogens with one attached hydrogen (secondary N) is 1. The number of carbonyl (C=O) groups is 2. The molecule has 0 aromatic heterocycles. The second-order valence-electron chi connectivity index (χ2n) is 10.7. The quantitative estimate of drug-likeness (QED) is 0.304. The second-order valence-corrected chi connectivity index (χ2v) is 11.7. The summed E-state index contributed by atoms with van der Waals surface area (Å²) in [7, 11) is 5.19. The third-order valence-electron chi connectivity index (χ3n) is 7.87. The van der Waals surface area contributed by atoms with E-state index in [1.807, 2.05) is 67.4 Å². The van der Waals surface area contributed by atoms with Gasteiger partial charge in [-0.3, -0.25) is 9.59 Å². The van der Waals surface area contributed by atoms with Crippen molar-refractivity contribution in [3.05, 3.63) is 94.3 Å². The zero-order valence-electron chi connectivity index (χ0n) is 24.9. The fourth-order valence-corrected chi connectivity index (χ4v) is 6.36. The van der Waals surface area contributed by atoms with Gasteiger partial charge >= 0.3 is 0 Å². The summed E-state index contributed by atoms with van der Waals surface area (Å²) in [6.07, 6.45) is 2.12. The van der Waals surface area contributed by atoms with Gasteiger partial charge in [-0.25, -0.2) is 4.39 Å². The van der Waals surface area contributed by atoms with Gasteiger partial charge in [-0.1, -0.05) is 36.4 Å². The molecule has 2 aliphatic rings. The number of hydrogen-bond donors (Lipinski definition) is 1. The smallest absolute Gasteiger partial charge is 0.286 e. The van der Waals surface area contributed by atoms with E-state index in [1.165, 1.54) is 12.1 Å². The molecule has 1 fully saturated rings. The minimum Gasteiger partial charge on any atom is -0.495 e. The number of rotatable bonds is 8. The molecular formula is C34H36FN3O4S. The van der Waals surface area contributed by atoms with E-state index in [4.69, 9.17) is 9.47 Å². The van der Waals surface area contributed by atoms with Gasteiger partial charge in [0.25, 0.3) is 5.24 Å². The van der Waals surface area contributed by atoms with Crippen LogP contribution < -0.4 is 14.8 Å². The number of likely N-dealkylation sites (N-methyl/N-ethyl adjacent to an activating group) is 1. The summed E-state index contributed by atoms with van der Waals surface area (Å²) in [4.78, 5) is 30.8. The predicted molar refractivity (Wildman–Crippen MR) is 170 cm³/mol. The molecule has 2 amide bonds. The molecule has 224 valence electrons. The Hall–Kier alpha value is -4.08. The number of allylic oxidation sites excluding steroid dienone is 2. The summed E-state index contributed by atoms with van der Waals surface area (Å²) in [5, 5.41) is 2.93. The molecule has 0 atom stereocenters. The second kappa shape index (κ2) is 13.5. The first-order valence-electron chi connectivity index (χ1n) is 14.2. The maximum atomic E-state index is 14.4. The van der Waals surface area contributed by atoms with E-state index in [0.717, 1.165) is 58.3 Å². The van der Waals surface area contributed by atoms with Crippen LogP contribution in [0, 0.1) is 5.82 Å². The molecule has 7 nitrogen and oxygen atoms in total. The number of amides is 2. The summed E-state index contributed by atoms with van der Waals surface area (Å²) in [6.45, 7) is 5.40. The van der Waals surface area contributed by atoms with E-state index < -0.39 is 0 Å². The van der Waals surface area contributed by atoms with Crippen LogP contribution >= 0.6 is 11.8 Å². The summed E-state index contributed by atoms with van der Waals surface area (Å²) in [5.74, 6) is 0.561. The molecule has 0 unspecified atom stereocenters. The van der Waals surface area contributed by atoms with E-state index in [2.05, 4.69) is 10.2 Å². The Kier molecular flexibility index (Phi) is 9.52. The molecule has 1 saturated heterocycles. The molecule has 0 spiro atoms. The van der Waals surface area contributed by atoms with Crippen LogP contribution in [0.15, 0.2) is 71.1 Å². The van der Waals surface area contributed by atoms with Crippen molar-refractivity contribution in [3.8, 4) is 11.5 Å². The average molecular weight is 602 g/mol. The molecule has 43 heavy (non-hydrogen) atoms. The van der Waals surface area contributed by atoms with Crippen molar-refractivity contribution in [1.29, 1.82) is 0 Å². The topological polar surface area (TPSA) is 71.1 Å². The molecule has 0 bridgehead atoms. The fourth-order valence-electron chi connectivity index (χ4n) is 5.39. The highest BCUT2D eigenvalue weighted by atomic mass is 32.2. The van der Waals surface area contributed by atoms with E-state index in [9.17, 15) is 14.0 Å². The molecule has 9 heteroatoms. The minimum atomic E-state index is -0.357. The summed E-state index contributed by atoms with van der Waals surface area (Å²) in [5.41, 5.74) is 5.94. The molecule has 1 aliphatic heterocycles. The van der Waals surface area contributed by atoms with Crippen molar-refractivity contribution in [2.75, 3.05) is 47.4 Å². The lowest BCUT2D eigenvalue weighted by atomic mass is 10.0. The van der Waals surface area contributed by atoms with Gasteiger partial charge < -0.3 is 24.6 Å². The van der Waals surface area contributed by atoms with Gasteiger partial charge in [-0.05, 0) is 95.0 Å². The number of hydrogen-bond acceptors (Lipinski definition) is 6. The number of benzene rings is 3. The predicted octanol–water partition coefficient (Wildman–Crippen LogP) is 6.34. The monoisotopic (exact) mass is 601 g/mol. The molecule has 5 rings (SSSR count). The summed E-state index contributed by atoms with van der Waals surface area (Å²) < 4.78 is 25.9. The van der Waals surface area contributed by atoms with Gasteiger partial charge in [0.2, 0.25) is 5.91 Å². The highest BCUT2D eigenvalue weighted by molar-refractivity contribution is 8.13. The maximum Gasteiger partial charge on any atom is 0.286 e. The van der Waals surface area contributed by atoms with Gasteiger partial charge in [-0.15, -0.1) is 0 Å². The lowest BCUT2D eigenvalue weighted by molar-refractivity contribution is -0.120. The summed E-state index contributed by atoms with van der Waals surface area (Å²) >= 11 is 1.11. The van der Waals surface area contributed by atoms with Crippen molar-refractivity contribution in [2.24, 2.45) is 0 Å². The van der Waals surface area contributed by atoms with Gasteiger partial charge in [0, 0.05) is 32.7 Å². The van der Waals surface area contributed by atoms with Crippen molar-refractivity contribution < 1.29 is 23.5 Å². The number of fused-ring (bicyclic) bond motifs is 1. The number of piperazine rings is 1. The molecular weight excluding hydrogens is 565 g/mol. The Bertz CT molecular complexity index is 1550. The van der Waals surface area contributed by atoms with Gasteiger partial charge in [0.15, 0.2) is 0 Å². The van der Waals surface area contributed by atoms with Crippen molar-refractivity contribution >= 4 is 40.1 Å². The maximum absolute atomic E-state index is 14.4. The first-order valence-corrected chi connectivity index (χ1v) is 15.0. The highest BCUT2D eigenvalue weighted by Crippen LogP contribution is 2.46. The first-order chi connectivity index (χ1) is 20.8. The van der Waals surface area contributed by atoms with Crippen molar-refractivity contribution in [2.45, 2.75) is 24.8 Å². The third-order valence-corrected chi connectivity index (χ3v) is 8.91. The number of halogens is 1. The Balaban J connectivity index is 1.43. The SMILES string of the molecule is COc1cc(C=C2C(C)=C(CC(=O)NCc3ccccc3)c3cc(F)ccc32)cc(OC)c1SC(=O)N1CCN(C)CC1. The van der Waals surface area contributed by atoms with Crippen LogP contribution in [0.4, 0.5) is 9.18 Å². The number of carbonyl (C=O) groups excluding carboxylic acids is 2.